The average molecular weight is 481 g/mol. The summed E-state index contributed by atoms with van der Waals surface area (Å²) in [4.78, 5) is 20.6. The summed E-state index contributed by atoms with van der Waals surface area (Å²) in [7, 11) is 0. The molecule has 2 fully saturated rings. The molecule has 0 radical (unpaired) electrons. The summed E-state index contributed by atoms with van der Waals surface area (Å²) in [6.45, 7) is 2.24. The predicted octanol–water partition coefficient (Wildman–Crippen LogP) is 4.10. The van der Waals surface area contributed by atoms with E-state index >= 15 is 0 Å². The van der Waals surface area contributed by atoms with Crippen molar-refractivity contribution in [3.05, 3.63) is 78.2 Å². The number of imidazole rings is 1. The number of benzene rings is 2. The van der Waals surface area contributed by atoms with Crippen LogP contribution in [0.3, 0.4) is 0 Å². The number of piperazine rings is 1. The Kier molecular flexibility index (Phi) is 8.03. The number of aliphatic hydroxyl groups excluding tert-OH is 1. The van der Waals surface area contributed by atoms with Crippen LogP contribution >= 0.6 is 12.4 Å². The fourth-order valence-corrected chi connectivity index (χ4v) is 5.25. The van der Waals surface area contributed by atoms with Crippen molar-refractivity contribution in [3.8, 4) is 11.3 Å². The van der Waals surface area contributed by atoms with Crippen molar-refractivity contribution < 1.29 is 9.90 Å². The number of halogens is 1. The second kappa shape index (κ2) is 11.2. The SMILES string of the molecule is Cl.O=C(c1ncn(C2CCC(O)CC2)c1-c1ccccc1)N1CCNC[C@H]1Cc1ccccc1. The lowest BCUT2D eigenvalue weighted by Gasteiger charge is -2.36. The van der Waals surface area contributed by atoms with Gasteiger partial charge in [-0.2, -0.15) is 0 Å². The minimum absolute atomic E-state index is 0. The second-order valence-corrected chi connectivity index (χ2v) is 9.22. The minimum atomic E-state index is -0.217. The summed E-state index contributed by atoms with van der Waals surface area (Å²) in [5.74, 6) is 0.00544. The molecule has 2 aromatic carbocycles. The van der Waals surface area contributed by atoms with Gasteiger partial charge < -0.3 is 19.9 Å². The molecule has 1 aliphatic carbocycles. The Balaban J connectivity index is 0.00000274. The first-order chi connectivity index (χ1) is 16.2. The standard InChI is InChI=1S/C27H32N4O2.ClH/c32-24-13-11-22(12-14-24)31-19-29-25(26(31)21-9-5-2-6-10-21)27(33)30-16-15-28-18-23(30)17-20-7-3-1-4-8-20;/h1-10,19,22-24,28,32H,11-18H2;1H/t22?,23-,24?;/m1./s1. The van der Waals surface area contributed by atoms with Gasteiger partial charge >= 0.3 is 0 Å². The Morgan fingerprint density at radius 3 is 2.38 bits per heavy atom. The number of nitrogens with one attached hydrogen (secondary N) is 1. The van der Waals surface area contributed by atoms with E-state index in [0.29, 0.717) is 12.2 Å². The number of amides is 1. The van der Waals surface area contributed by atoms with Gasteiger partial charge in [0.05, 0.1) is 18.1 Å². The van der Waals surface area contributed by atoms with E-state index in [1.165, 1.54) is 5.56 Å². The minimum Gasteiger partial charge on any atom is -0.393 e. The number of hydrogen-bond acceptors (Lipinski definition) is 4. The third-order valence-electron chi connectivity index (χ3n) is 7.03. The molecule has 7 heteroatoms. The lowest BCUT2D eigenvalue weighted by Crippen LogP contribution is -2.54. The van der Waals surface area contributed by atoms with Gasteiger partial charge in [0.1, 0.15) is 0 Å². The maximum absolute atomic E-state index is 13.9. The Morgan fingerprint density at radius 2 is 1.68 bits per heavy atom. The van der Waals surface area contributed by atoms with E-state index in [4.69, 9.17) is 4.98 Å². The van der Waals surface area contributed by atoms with Gasteiger partial charge in [-0.15, -0.1) is 12.4 Å². The van der Waals surface area contributed by atoms with Crippen molar-refractivity contribution in [3.63, 3.8) is 0 Å². The Labute approximate surface area is 207 Å². The molecule has 0 spiro atoms. The first-order valence-corrected chi connectivity index (χ1v) is 12.1. The molecular weight excluding hydrogens is 448 g/mol. The van der Waals surface area contributed by atoms with Crippen molar-refractivity contribution in [2.75, 3.05) is 19.6 Å². The van der Waals surface area contributed by atoms with Gasteiger partial charge in [0.25, 0.3) is 5.91 Å². The molecule has 1 saturated heterocycles. The third-order valence-corrected chi connectivity index (χ3v) is 7.03. The van der Waals surface area contributed by atoms with Gasteiger partial charge in [0, 0.05) is 37.3 Å². The second-order valence-electron chi connectivity index (χ2n) is 9.22. The quantitative estimate of drug-likeness (QED) is 0.576. The number of rotatable bonds is 5. The molecule has 0 bridgehead atoms. The highest BCUT2D eigenvalue weighted by atomic mass is 35.5. The lowest BCUT2D eigenvalue weighted by atomic mass is 9.92. The van der Waals surface area contributed by atoms with Gasteiger partial charge in [0.15, 0.2) is 5.69 Å². The normalized spacial score (nSPS) is 22.7. The summed E-state index contributed by atoms with van der Waals surface area (Å²) in [6.07, 6.45) is 5.82. The molecule has 1 amide bonds. The van der Waals surface area contributed by atoms with Crippen LogP contribution < -0.4 is 5.32 Å². The van der Waals surface area contributed by atoms with Crippen LogP contribution in [-0.4, -0.2) is 57.2 Å². The van der Waals surface area contributed by atoms with Crippen molar-refractivity contribution in [2.24, 2.45) is 0 Å². The van der Waals surface area contributed by atoms with Gasteiger partial charge in [0.2, 0.25) is 0 Å². The molecule has 1 aliphatic heterocycles. The molecule has 1 aromatic heterocycles. The van der Waals surface area contributed by atoms with Gasteiger partial charge in [-0.3, -0.25) is 4.79 Å². The fourth-order valence-electron chi connectivity index (χ4n) is 5.25. The molecule has 34 heavy (non-hydrogen) atoms. The monoisotopic (exact) mass is 480 g/mol. The molecule has 1 saturated carbocycles. The van der Waals surface area contributed by atoms with Gasteiger partial charge in [-0.1, -0.05) is 60.7 Å². The van der Waals surface area contributed by atoms with Crippen molar-refractivity contribution >= 4 is 18.3 Å². The maximum Gasteiger partial charge on any atom is 0.275 e. The summed E-state index contributed by atoms with van der Waals surface area (Å²) >= 11 is 0. The third kappa shape index (κ3) is 5.19. The number of nitrogens with zero attached hydrogens (tertiary/aromatic N) is 3. The van der Waals surface area contributed by atoms with E-state index in [9.17, 15) is 9.90 Å². The number of aliphatic hydroxyl groups is 1. The zero-order chi connectivity index (χ0) is 22.6. The van der Waals surface area contributed by atoms with Crippen molar-refractivity contribution in [1.82, 2.24) is 19.8 Å². The van der Waals surface area contributed by atoms with E-state index < -0.39 is 0 Å². The Bertz CT molecular complexity index is 1060. The van der Waals surface area contributed by atoms with Crippen LogP contribution in [0.5, 0.6) is 0 Å². The van der Waals surface area contributed by atoms with E-state index in [0.717, 1.165) is 56.5 Å². The molecule has 3 aromatic rings. The Morgan fingerprint density at radius 1 is 1.00 bits per heavy atom. The largest absolute Gasteiger partial charge is 0.393 e. The summed E-state index contributed by atoms with van der Waals surface area (Å²) in [5, 5.41) is 13.4. The molecule has 5 rings (SSSR count). The fraction of sp³-hybridized carbons (Fsp3) is 0.407. The number of carbonyl (C=O) groups excluding carboxylic acids is 1. The number of carbonyl (C=O) groups is 1. The molecule has 2 aliphatic rings. The van der Waals surface area contributed by atoms with E-state index in [-0.39, 0.29) is 36.5 Å². The number of hydrogen-bond donors (Lipinski definition) is 2. The van der Waals surface area contributed by atoms with Crippen molar-refractivity contribution in [1.29, 1.82) is 0 Å². The summed E-state index contributed by atoms with van der Waals surface area (Å²) in [6, 6.07) is 20.8. The smallest absolute Gasteiger partial charge is 0.275 e. The van der Waals surface area contributed by atoms with Crippen LogP contribution in [0.2, 0.25) is 0 Å². The van der Waals surface area contributed by atoms with E-state index in [2.05, 4.69) is 34.1 Å². The Hall–Kier alpha value is -2.67. The number of aromatic nitrogens is 2. The van der Waals surface area contributed by atoms with Crippen LogP contribution in [-0.2, 0) is 6.42 Å². The van der Waals surface area contributed by atoms with Crippen LogP contribution in [0.4, 0.5) is 0 Å². The molecule has 2 N–H and O–H groups in total. The average Bonchev–Trinajstić information content (AvgIpc) is 3.31. The first-order valence-electron chi connectivity index (χ1n) is 12.1. The first kappa shape index (κ1) is 24.5. The molecule has 1 atom stereocenters. The van der Waals surface area contributed by atoms with Gasteiger partial charge in [-0.05, 0) is 37.7 Å². The molecule has 0 unspecified atom stereocenters. The lowest BCUT2D eigenvalue weighted by molar-refractivity contribution is 0.0631. The van der Waals surface area contributed by atoms with Crippen LogP contribution in [0.25, 0.3) is 11.3 Å². The summed E-state index contributed by atoms with van der Waals surface area (Å²) < 4.78 is 2.18. The topological polar surface area (TPSA) is 70.4 Å². The van der Waals surface area contributed by atoms with Crippen LogP contribution in [0.1, 0.15) is 47.8 Å². The van der Waals surface area contributed by atoms with E-state index in [1.807, 2.05) is 47.6 Å². The maximum atomic E-state index is 13.9. The predicted molar refractivity (Wildman–Crippen MR) is 136 cm³/mol. The molecular formula is C27H33ClN4O2. The zero-order valence-electron chi connectivity index (χ0n) is 19.3. The van der Waals surface area contributed by atoms with Crippen molar-refractivity contribution in [2.45, 2.75) is 50.3 Å². The molecule has 180 valence electrons. The van der Waals surface area contributed by atoms with Crippen LogP contribution in [0, 0.1) is 0 Å². The summed E-state index contributed by atoms with van der Waals surface area (Å²) in [5.41, 5.74) is 3.68. The zero-order valence-corrected chi connectivity index (χ0v) is 20.2. The molecule has 2 heterocycles. The van der Waals surface area contributed by atoms with Crippen LogP contribution in [0.15, 0.2) is 67.0 Å². The highest BCUT2D eigenvalue weighted by Gasteiger charge is 2.33. The highest BCUT2D eigenvalue weighted by molar-refractivity contribution is 5.98. The van der Waals surface area contributed by atoms with Gasteiger partial charge in [-0.25, -0.2) is 4.98 Å². The van der Waals surface area contributed by atoms with E-state index in [1.54, 1.807) is 0 Å². The molecule has 6 nitrogen and oxygen atoms in total. The highest BCUT2D eigenvalue weighted by Crippen LogP contribution is 2.35.